The minimum atomic E-state index is -0.0661. The summed E-state index contributed by atoms with van der Waals surface area (Å²) < 4.78 is 2.48. The number of anilines is 3. The topological polar surface area (TPSA) is 8.17 Å². The largest absolute Gasteiger partial charge is 0.310 e. The van der Waals surface area contributed by atoms with E-state index in [1.807, 2.05) is 0 Å². The Morgan fingerprint density at radius 2 is 1.04 bits per heavy atom. The lowest BCUT2D eigenvalue weighted by Gasteiger charge is -2.42. The molecule has 2 nitrogen and oxygen atoms in total. The molecule has 8 aromatic rings. The van der Waals surface area contributed by atoms with E-state index < -0.39 is 0 Å². The van der Waals surface area contributed by atoms with E-state index >= 15 is 0 Å². The van der Waals surface area contributed by atoms with Gasteiger partial charge in [0.2, 0.25) is 0 Å². The lowest BCUT2D eigenvalue weighted by atomic mass is 9.63. The van der Waals surface area contributed by atoms with Crippen molar-refractivity contribution in [3.05, 3.63) is 180 Å². The van der Waals surface area contributed by atoms with E-state index in [1.165, 1.54) is 90.5 Å². The third-order valence-corrected chi connectivity index (χ3v) is 13.1. The Morgan fingerprint density at radius 3 is 1.84 bits per heavy atom. The quantitative estimate of drug-likeness (QED) is 0.172. The molecule has 0 fully saturated rings. The van der Waals surface area contributed by atoms with Gasteiger partial charge < -0.3 is 9.47 Å². The second-order valence-corrected chi connectivity index (χ2v) is 17.7. The molecule has 7 aromatic carbocycles. The number of fused-ring (bicyclic) bond motifs is 7. The summed E-state index contributed by atoms with van der Waals surface area (Å²) in [5.74, 6) is 0. The highest BCUT2D eigenvalue weighted by atomic mass is 15.1. The second kappa shape index (κ2) is 12.1. The summed E-state index contributed by atoms with van der Waals surface area (Å²) in [6.45, 7) is 14.3. The van der Waals surface area contributed by atoms with Gasteiger partial charge in [-0.05, 0) is 135 Å². The number of nitrogens with zero attached hydrogens (tertiary/aromatic N) is 2. The van der Waals surface area contributed by atoms with E-state index in [2.05, 4.69) is 209 Å². The van der Waals surface area contributed by atoms with Crippen molar-refractivity contribution >= 4 is 38.9 Å². The molecule has 0 saturated heterocycles. The maximum atomic E-state index is 2.48. The molecular formula is C53H48N2. The van der Waals surface area contributed by atoms with Crippen LogP contribution in [0.1, 0.15) is 76.6 Å². The first-order chi connectivity index (χ1) is 26.5. The Balaban J connectivity index is 1.05. The number of aromatic nitrogens is 1. The van der Waals surface area contributed by atoms with E-state index in [0.717, 1.165) is 11.4 Å². The molecule has 2 aliphatic rings. The number of rotatable bonds is 5. The fourth-order valence-electron chi connectivity index (χ4n) is 9.80. The smallest absolute Gasteiger partial charge is 0.0541 e. The molecule has 2 aliphatic carbocycles. The van der Waals surface area contributed by atoms with Crippen LogP contribution in [0, 0.1) is 0 Å². The molecule has 0 unspecified atom stereocenters. The minimum absolute atomic E-state index is 0.0661. The van der Waals surface area contributed by atoms with Crippen LogP contribution in [-0.4, -0.2) is 4.57 Å². The number of hydrogen-bond donors (Lipinski definition) is 0. The highest BCUT2D eigenvalue weighted by Gasteiger charge is 2.38. The fraction of sp³-hybridized carbons (Fsp3) is 0.208. The van der Waals surface area contributed by atoms with Crippen LogP contribution in [0.3, 0.4) is 0 Å². The zero-order valence-electron chi connectivity index (χ0n) is 32.8. The van der Waals surface area contributed by atoms with Gasteiger partial charge in [-0.2, -0.15) is 0 Å². The molecule has 0 radical (unpaired) electrons. The van der Waals surface area contributed by atoms with Gasteiger partial charge >= 0.3 is 0 Å². The van der Waals surface area contributed by atoms with Gasteiger partial charge in [0, 0.05) is 38.9 Å². The molecule has 10 rings (SSSR count). The lowest BCUT2D eigenvalue weighted by Crippen LogP contribution is -2.33. The van der Waals surface area contributed by atoms with Crippen molar-refractivity contribution in [1.82, 2.24) is 4.57 Å². The van der Waals surface area contributed by atoms with Crippen LogP contribution in [-0.2, 0) is 16.2 Å². The Morgan fingerprint density at radius 1 is 0.418 bits per heavy atom. The van der Waals surface area contributed by atoms with Gasteiger partial charge in [0.1, 0.15) is 0 Å². The van der Waals surface area contributed by atoms with Gasteiger partial charge in [0.15, 0.2) is 0 Å². The van der Waals surface area contributed by atoms with Crippen LogP contribution < -0.4 is 4.90 Å². The zero-order chi connectivity index (χ0) is 37.7. The van der Waals surface area contributed by atoms with Gasteiger partial charge in [-0.3, -0.25) is 0 Å². The zero-order valence-corrected chi connectivity index (χ0v) is 32.8. The summed E-state index contributed by atoms with van der Waals surface area (Å²) in [4.78, 5) is 2.39. The number of benzene rings is 7. The highest BCUT2D eigenvalue weighted by molar-refractivity contribution is 6.10. The summed E-state index contributed by atoms with van der Waals surface area (Å²) in [7, 11) is 0. The fourth-order valence-corrected chi connectivity index (χ4v) is 9.80. The predicted octanol–water partition coefficient (Wildman–Crippen LogP) is 14.6. The van der Waals surface area contributed by atoms with Gasteiger partial charge in [0.25, 0.3) is 0 Å². The molecule has 0 amide bonds. The summed E-state index contributed by atoms with van der Waals surface area (Å²) in [6, 6.07) is 58.9. The molecule has 0 saturated carbocycles. The minimum Gasteiger partial charge on any atom is -0.310 e. The van der Waals surface area contributed by atoms with Crippen molar-refractivity contribution < 1.29 is 0 Å². The molecule has 0 aliphatic heterocycles. The first-order valence-corrected chi connectivity index (χ1v) is 19.9. The molecule has 0 N–H and O–H groups in total. The van der Waals surface area contributed by atoms with E-state index in [4.69, 9.17) is 0 Å². The van der Waals surface area contributed by atoms with Crippen LogP contribution in [0.15, 0.2) is 158 Å². The second-order valence-electron chi connectivity index (χ2n) is 17.7. The summed E-state index contributed by atoms with van der Waals surface area (Å²) in [5, 5.41) is 2.56. The summed E-state index contributed by atoms with van der Waals surface area (Å²) >= 11 is 0. The first kappa shape index (κ1) is 33.7. The molecule has 1 aromatic heterocycles. The maximum Gasteiger partial charge on any atom is 0.0541 e. The Kier molecular flexibility index (Phi) is 7.39. The van der Waals surface area contributed by atoms with Crippen molar-refractivity contribution in [2.24, 2.45) is 0 Å². The highest BCUT2D eigenvalue weighted by Crippen LogP contribution is 2.51. The van der Waals surface area contributed by atoms with Gasteiger partial charge in [0.05, 0.1) is 11.0 Å². The van der Waals surface area contributed by atoms with Crippen molar-refractivity contribution in [2.45, 2.75) is 70.6 Å². The maximum absolute atomic E-state index is 2.48. The van der Waals surface area contributed by atoms with E-state index in [1.54, 1.807) is 0 Å². The molecular weight excluding hydrogens is 665 g/mol. The molecule has 1 heterocycles. The molecule has 0 bridgehead atoms. The lowest BCUT2D eigenvalue weighted by molar-refractivity contribution is 0.332. The van der Waals surface area contributed by atoms with Crippen molar-refractivity contribution in [3.8, 4) is 27.9 Å². The average Bonchev–Trinajstić information content (AvgIpc) is 3.65. The first-order valence-electron chi connectivity index (χ1n) is 19.9. The summed E-state index contributed by atoms with van der Waals surface area (Å²) in [6.07, 6.45) is 2.42. The SMILES string of the molecule is CC1(C)CCC(C)(C)c2cc(-n3c4ccccc4c4cc(-c5ccc(N(c6ccccc6)c6ccc7c(c6)C(C)(C)c6ccccc6-7)cc5)ccc43)ccc21. The van der Waals surface area contributed by atoms with Crippen molar-refractivity contribution in [1.29, 1.82) is 0 Å². The van der Waals surface area contributed by atoms with Crippen molar-refractivity contribution in [2.75, 3.05) is 4.90 Å². The van der Waals surface area contributed by atoms with E-state index in [-0.39, 0.29) is 16.2 Å². The van der Waals surface area contributed by atoms with Crippen LogP contribution in [0.25, 0.3) is 49.7 Å². The van der Waals surface area contributed by atoms with Crippen LogP contribution >= 0.6 is 0 Å². The Labute approximate surface area is 325 Å². The number of para-hydroxylation sites is 2. The average molecular weight is 713 g/mol. The monoisotopic (exact) mass is 712 g/mol. The van der Waals surface area contributed by atoms with Gasteiger partial charge in [-0.1, -0.05) is 133 Å². The molecule has 55 heavy (non-hydrogen) atoms. The van der Waals surface area contributed by atoms with Gasteiger partial charge in [-0.25, -0.2) is 0 Å². The van der Waals surface area contributed by atoms with Crippen LogP contribution in [0.2, 0.25) is 0 Å². The molecule has 270 valence electrons. The molecule has 0 atom stereocenters. The van der Waals surface area contributed by atoms with Crippen LogP contribution in [0.4, 0.5) is 17.1 Å². The number of hydrogen-bond acceptors (Lipinski definition) is 1. The standard InChI is InChI=1S/C53H48N2/c1-51(2)30-31-52(3,4)48-34-40(26-28-46(48)51)55-49-19-13-11-17-43(49)44-32-36(22-29-50(44)55)35-20-23-38(24-21-35)54(37-14-8-7-9-15-37)39-25-27-42-41-16-10-12-18-45(41)53(5,6)47(42)33-39/h7-29,32-34H,30-31H2,1-6H3. The van der Waals surface area contributed by atoms with Crippen LogP contribution in [0.5, 0.6) is 0 Å². The van der Waals surface area contributed by atoms with Gasteiger partial charge in [-0.15, -0.1) is 0 Å². The molecule has 0 spiro atoms. The third kappa shape index (κ3) is 5.22. The summed E-state index contributed by atoms with van der Waals surface area (Å²) in [5.41, 5.74) is 18.3. The Bertz CT molecular complexity index is 2780. The predicted molar refractivity (Wildman–Crippen MR) is 234 cm³/mol. The van der Waals surface area contributed by atoms with Crippen molar-refractivity contribution in [3.63, 3.8) is 0 Å². The third-order valence-electron chi connectivity index (χ3n) is 13.1. The van der Waals surface area contributed by atoms with E-state index in [0.29, 0.717) is 0 Å². The van der Waals surface area contributed by atoms with E-state index in [9.17, 15) is 0 Å². The normalized spacial score (nSPS) is 16.1. The molecule has 2 heteroatoms. The Hall–Kier alpha value is -5.86.